The van der Waals surface area contributed by atoms with Crippen LogP contribution in [0.2, 0.25) is 0 Å². The van der Waals surface area contributed by atoms with E-state index >= 15 is 0 Å². The van der Waals surface area contributed by atoms with Crippen molar-refractivity contribution in [3.05, 3.63) is 34.3 Å². The van der Waals surface area contributed by atoms with E-state index in [2.05, 4.69) is 32.2 Å². The van der Waals surface area contributed by atoms with E-state index < -0.39 is 0 Å². The third kappa shape index (κ3) is 2.33. The molecule has 1 unspecified atom stereocenters. The predicted octanol–water partition coefficient (Wildman–Crippen LogP) is 2.51. The minimum Gasteiger partial charge on any atom is -0.333 e. The van der Waals surface area contributed by atoms with Gasteiger partial charge in [-0.2, -0.15) is 0 Å². The summed E-state index contributed by atoms with van der Waals surface area (Å²) in [6.07, 6.45) is 6.42. The fourth-order valence-electron chi connectivity index (χ4n) is 2.11. The van der Waals surface area contributed by atoms with E-state index in [0.717, 1.165) is 17.2 Å². The normalized spacial score (nSPS) is 17.0. The molecule has 1 aliphatic rings. The van der Waals surface area contributed by atoms with Crippen LogP contribution in [-0.2, 0) is 6.54 Å². The zero-order valence-corrected chi connectivity index (χ0v) is 11.6. The number of nitrogens with zero attached hydrogens (tertiary/aromatic N) is 3. The van der Waals surface area contributed by atoms with Crippen LogP contribution < -0.4 is 5.32 Å². The van der Waals surface area contributed by atoms with Gasteiger partial charge in [-0.05, 0) is 26.7 Å². The first-order valence-corrected chi connectivity index (χ1v) is 7.34. The average Bonchev–Trinajstić information content (AvgIpc) is 2.90. The summed E-state index contributed by atoms with van der Waals surface area (Å²) in [6, 6.07) is 0.845. The minimum atomic E-state index is 0.193. The molecule has 0 saturated heterocycles. The molecular weight excluding hydrogens is 244 g/mol. The summed E-state index contributed by atoms with van der Waals surface area (Å²) < 4.78 is 2.19. The quantitative estimate of drug-likeness (QED) is 0.900. The first-order chi connectivity index (χ1) is 8.78. The van der Waals surface area contributed by atoms with Crippen molar-refractivity contribution in [2.45, 2.75) is 45.3 Å². The summed E-state index contributed by atoms with van der Waals surface area (Å²) >= 11 is 1.73. The number of hydrogen-bond donors (Lipinski definition) is 1. The molecule has 0 aliphatic heterocycles. The van der Waals surface area contributed by atoms with Crippen molar-refractivity contribution in [3.8, 4) is 0 Å². The van der Waals surface area contributed by atoms with Crippen LogP contribution in [-0.4, -0.2) is 20.6 Å². The Morgan fingerprint density at radius 3 is 3.00 bits per heavy atom. The van der Waals surface area contributed by atoms with Crippen LogP contribution in [0.1, 0.15) is 42.2 Å². The van der Waals surface area contributed by atoms with Gasteiger partial charge in [-0.3, -0.25) is 0 Å². The van der Waals surface area contributed by atoms with E-state index in [-0.39, 0.29) is 6.04 Å². The van der Waals surface area contributed by atoms with Gasteiger partial charge in [0.05, 0.1) is 18.2 Å². The van der Waals surface area contributed by atoms with Gasteiger partial charge in [0.1, 0.15) is 11.0 Å². The lowest BCUT2D eigenvalue weighted by Crippen LogP contribution is -2.26. The molecule has 4 nitrogen and oxygen atoms in total. The number of aryl methyl sites for hydroxylation is 2. The highest BCUT2D eigenvalue weighted by Crippen LogP contribution is 2.30. The van der Waals surface area contributed by atoms with Gasteiger partial charge in [0.15, 0.2) is 0 Å². The molecule has 0 aromatic carbocycles. The van der Waals surface area contributed by atoms with Crippen LogP contribution in [0.5, 0.6) is 0 Å². The molecule has 0 radical (unpaired) electrons. The highest BCUT2D eigenvalue weighted by molar-refractivity contribution is 7.09. The Labute approximate surface area is 111 Å². The maximum atomic E-state index is 4.64. The van der Waals surface area contributed by atoms with Gasteiger partial charge >= 0.3 is 0 Å². The summed E-state index contributed by atoms with van der Waals surface area (Å²) in [5, 5.41) is 6.95. The number of thiazole rings is 1. The van der Waals surface area contributed by atoms with E-state index in [1.807, 2.05) is 19.4 Å². The highest BCUT2D eigenvalue weighted by Gasteiger charge is 2.29. The van der Waals surface area contributed by atoms with Crippen molar-refractivity contribution in [1.82, 2.24) is 19.9 Å². The number of aromatic nitrogens is 3. The molecule has 0 amide bonds. The van der Waals surface area contributed by atoms with Crippen molar-refractivity contribution in [2.75, 3.05) is 0 Å². The van der Waals surface area contributed by atoms with Crippen molar-refractivity contribution < 1.29 is 0 Å². The van der Waals surface area contributed by atoms with Gasteiger partial charge < -0.3 is 9.88 Å². The lowest BCUT2D eigenvalue weighted by Gasteiger charge is -2.17. The number of imidazole rings is 1. The van der Waals surface area contributed by atoms with Gasteiger partial charge in [-0.15, -0.1) is 11.3 Å². The van der Waals surface area contributed by atoms with E-state index in [9.17, 15) is 0 Å². The second-order valence-electron chi connectivity index (χ2n) is 4.81. The van der Waals surface area contributed by atoms with Crippen molar-refractivity contribution in [1.29, 1.82) is 0 Å². The molecule has 2 aromatic heterocycles. The van der Waals surface area contributed by atoms with Crippen LogP contribution in [0.4, 0.5) is 0 Å². The topological polar surface area (TPSA) is 42.7 Å². The Morgan fingerprint density at radius 2 is 2.39 bits per heavy atom. The fraction of sp³-hybridized carbons (Fsp3) is 0.538. The SMILES string of the molecule is CCn1cncc1C(NC1CC1)c1nc(C)cs1. The first-order valence-electron chi connectivity index (χ1n) is 6.46. The lowest BCUT2D eigenvalue weighted by atomic mass is 10.2. The standard InChI is InChI=1S/C13H18N4S/c1-3-17-8-14-6-11(17)12(16-10-4-5-10)13-15-9(2)7-18-13/h6-8,10,12,16H,3-5H2,1-2H3. The zero-order valence-electron chi connectivity index (χ0n) is 10.8. The average molecular weight is 262 g/mol. The monoisotopic (exact) mass is 262 g/mol. The fourth-order valence-corrected chi connectivity index (χ4v) is 2.97. The highest BCUT2D eigenvalue weighted by atomic mass is 32.1. The molecule has 1 N–H and O–H groups in total. The summed E-state index contributed by atoms with van der Waals surface area (Å²) in [7, 11) is 0. The minimum absolute atomic E-state index is 0.193. The Morgan fingerprint density at radius 1 is 1.56 bits per heavy atom. The molecular formula is C13H18N4S. The van der Waals surface area contributed by atoms with Crippen LogP contribution in [0, 0.1) is 6.92 Å². The molecule has 1 saturated carbocycles. The summed E-state index contributed by atoms with van der Waals surface area (Å²) in [4.78, 5) is 8.91. The van der Waals surface area contributed by atoms with Crippen molar-refractivity contribution >= 4 is 11.3 Å². The summed E-state index contributed by atoms with van der Waals surface area (Å²) in [5.41, 5.74) is 2.32. The molecule has 1 aliphatic carbocycles. The molecule has 96 valence electrons. The van der Waals surface area contributed by atoms with Crippen LogP contribution in [0.15, 0.2) is 17.9 Å². The molecule has 0 bridgehead atoms. The maximum absolute atomic E-state index is 4.64. The Kier molecular flexibility index (Phi) is 3.18. The molecule has 2 aromatic rings. The molecule has 3 rings (SSSR count). The molecule has 18 heavy (non-hydrogen) atoms. The first kappa shape index (κ1) is 11.9. The largest absolute Gasteiger partial charge is 0.333 e. The second kappa shape index (κ2) is 4.82. The van der Waals surface area contributed by atoms with Crippen LogP contribution >= 0.6 is 11.3 Å². The third-order valence-corrected chi connectivity index (χ3v) is 4.27. The maximum Gasteiger partial charge on any atom is 0.116 e. The van der Waals surface area contributed by atoms with Gasteiger partial charge in [-0.1, -0.05) is 0 Å². The van der Waals surface area contributed by atoms with Gasteiger partial charge in [0, 0.05) is 23.7 Å². The number of rotatable bonds is 5. The predicted molar refractivity (Wildman–Crippen MR) is 72.8 cm³/mol. The zero-order chi connectivity index (χ0) is 12.5. The lowest BCUT2D eigenvalue weighted by molar-refractivity contribution is 0.552. The van der Waals surface area contributed by atoms with Gasteiger partial charge in [0.2, 0.25) is 0 Å². The van der Waals surface area contributed by atoms with Crippen molar-refractivity contribution in [3.63, 3.8) is 0 Å². The Hall–Kier alpha value is -1.20. The van der Waals surface area contributed by atoms with Gasteiger partial charge in [0.25, 0.3) is 0 Å². The Balaban J connectivity index is 1.93. The molecule has 1 atom stereocenters. The molecule has 2 heterocycles. The Bertz CT molecular complexity index is 527. The summed E-state index contributed by atoms with van der Waals surface area (Å²) in [5.74, 6) is 0. The van der Waals surface area contributed by atoms with E-state index in [1.54, 1.807) is 11.3 Å². The van der Waals surface area contributed by atoms with Crippen LogP contribution in [0.3, 0.4) is 0 Å². The third-order valence-electron chi connectivity index (χ3n) is 3.24. The van der Waals surface area contributed by atoms with E-state index in [1.165, 1.54) is 18.5 Å². The van der Waals surface area contributed by atoms with Crippen molar-refractivity contribution in [2.24, 2.45) is 0 Å². The van der Waals surface area contributed by atoms with Crippen LogP contribution in [0.25, 0.3) is 0 Å². The molecule has 1 fully saturated rings. The van der Waals surface area contributed by atoms with E-state index in [0.29, 0.717) is 6.04 Å². The second-order valence-corrected chi connectivity index (χ2v) is 5.70. The number of nitrogens with one attached hydrogen (secondary N) is 1. The molecule has 0 spiro atoms. The van der Waals surface area contributed by atoms with Gasteiger partial charge in [-0.25, -0.2) is 9.97 Å². The molecule has 5 heteroatoms. The summed E-state index contributed by atoms with van der Waals surface area (Å²) in [6.45, 7) is 5.14. The van der Waals surface area contributed by atoms with E-state index in [4.69, 9.17) is 0 Å². The smallest absolute Gasteiger partial charge is 0.116 e. The number of hydrogen-bond acceptors (Lipinski definition) is 4.